The highest BCUT2D eigenvalue weighted by Crippen LogP contribution is 2.18. The fourth-order valence-electron chi connectivity index (χ4n) is 2.86. The van der Waals surface area contributed by atoms with E-state index in [2.05, 4.69) is 20.1 Å². The van der Waals surface area contributed by atoms with E-state index < -0.39 is 0 Å². The van der Waals surface area contributed by atoms with Crippen molar-refractivity contribution >= 4 is 5.91 Å². The van der Waals surface area contributed by atoms with E-state index in [1.165, 1.54) is 12.8 Å². The zero-order valence-electron chi connectivity index (χ0n) is 12.5. The number of rotatable bonds is 3. The molecule has 6 heteroatoms. The topological polar surface area (TPSA) is 64.7 Å². The van der Waals surface area contributed by atoms with Crippen LogP contribution in [0.1, 0.15) is 54.4 Å². The van der Waals surface area contributed by atoms with Gasteiger partial charge in [-0.25, -0.2) is 0 Å². The molecule has 2 aromatic heterocycles. The van der Waals surface area contributed by atoms with E-state index in [4.69, 9.17) is 0 Å². The first kappa shape index (κ1) is 13.9. The van der Waals surface area contributed by atoms with Gasteiger partial charge in [0.15, 0.2) is 5.82 Å². The second kappa shape index (κ2) is 5.71. The maximum absolute atomic E-state index is 12.3. The number of nitrogens with zero attached hydrogens (tertiary/aromatic N) is 4. The highest BCUT2D eigenvalue weighted by Gasteiger charge is 2.21. The highest BCUT2D eigenvalue weighted by molar-refractivity contribution is 5.92. The van der Waals surface area contributed by atoms with Crippen LogP contribution in [-0.4, -0.2) is 25.2 Å². The summed E-state index contributed by atoms with van der Waals surface area (Å²) in [5.41, 5.74) is 0.650. The summed E-state index contributed by atoms with van der Waals surface area (Å²) in [6.07, 6.45) is 6.39. The van der Waals surface area contributed by atoms with Crippen molar-refractivity contribution in [3.05, 3.63) is 35.7 Å². The first-order chi connectivity index (χ1) is 10.2. The minimum atomic E-state index is -0.147. The van der Waals surface area contributed by atoms with Crippen molar-refractivity contribution in [1.82, 2.24) is 24.6 Å². The molecule has 1 N–H and O–H groups in total. The lowest BCUT2D eigenvalue weighted by atomic mass is 10.2. The number of hydrogen-bond donors (Lipinski definition) is 1. The largest absolute Gasteiger partial charge is 0.347 e. The SMILES string of the molecule is C[C@H](NC(=O)c1cccn1C)c1nnc2n1CCCCC2. The number of hydrogen-bond acceptors (Lipinski definition) is 3. The van der Waals surface area contributed by atoms with Gasteiger partial charge in [-0.2, -0.15) is 0 Å². The van der Waals surface area contributed by atoms with Gasteiger partial charge < -0.3 is 14.5 Å². The number of aromatic nitrogens is 4. The van der Waals surface area contributed by atoms with E-state index >= 15 is 0 Å². The normalized spacial score (nSPS) is 16.1. The van der Waals surface area contributed by atoms with Crippen molar-refractivity contribution in [2.45, 2.75) is 45.2 Å². The molecule has 112 valence electrons. The van der Waals surface area contributed by atoms with Crippen LogP contribution < -0.4 is 5.32 Å². The van der Waals surface area contributed by atoms with Crippen molar-refractivity contribution in [3.8, 4) is 0 Å². The molecular weight excluding hydrogens is 266 g/mol. The van der Waals surface area contributed by atoms with Crippen LogP contribution in [0, 0.1) is 0 Å². The van der Waals surface area contributed by atoms with E-state index in [1.807, 2.05) is 36.9 Å². The Labute approximate surface area is 124 Å². The van der Waals surface area contributed by atoms with Gasteiger partial charge in [-0.05, 0) is 31.9 Å². The summed E-state index contributed by atoms with van der Waals surface area (Å²) in [6, 6.07) is 3.53. The second-order valence-corrected chi connectivity index (χ2v) is 5.64. The van der Waals surface area contributed by atoms with E-state index in [0.29, 0.717) is 5.69 Å². The Hall–Kier alpha value is -2.11. The maximum Gasteiger partial charge on any atom is 0.268 e. The molecule has 1 aliphatic rings. The van der Waals surface area contributed by atoms with Crippen LogP contribution >= 0.6 is 0 Å². The van der Waals surface area contributed by atoms with Crippen molar-refractivity contribution in [2.75, 3.05) is 0 Å². The molecular formula is C15H21N5O. The third-order valence-electron chi connectivity index (χ3n) is 4.05. The van der Waals surface area contributed by atoms with Gasteiger partial charge in [-0.3, -0.25) is 4.79 Å². The lowest BCUT2D eigenvalue weighted by molar-refractivity contribution is 0.0929. The Bertz CT molecular complexity index is 642. The summed E-state index contributed by atoms with van der Waals surface area (Å²) in [7, 11) is 1.86. The fourth-order valence-corrected chi connectivity index (χ4v) is 2.86. The van der Waals surface area contributed by atoms with Crippen molar-refractivity contribution in [2.24, 2.45) is 7.05 Å². The Balaban J connectivity index is 1.77. The highest BCUT2D eigenvalue weighted by atomic mass is 16.2. The number of aryl methyl sites for hydroxylation is 2. The first-order valence-corrected chi connectivity index (χ1v) is 7.51. The third kappa shape index (κ3) is 2.70. The van der Waals surface area contributed by atoms with E-state index in [-0.39, 0.29) is 11.9 Å². The molecule has 2 aromatic rings. The number of nitrogens with one attached hydrogen (secondary N) is 1. The van der Waals surface area contributed by atoms with Gasteiger partial charge >= 0.3 is 0 Å². The van der Waals surface area contributed by atoms with Crippen molar-refractivity contribution in [3.63, 3.8) is 0 Å². The van der Waals surface area contributed by atoms with Gasteiger partial charge in [0.1, 0.15) is 11.5 Å². The molecule has 0 fully saturated rings. The summed E-state index contributed by atoms with van der Waals surface area (Å²) < 4.78 is 3.98. The molecule has 0 aliphatic carbocycles. The molecule has 6 nitrogen and oxygen atoms in total. The number of carbonyl (C=O) groups excluding carboxylic acids is 1. The lowest BCUT2D eigenvalue weighted by Crippen LogP contribution is -2.30. The fraction of sp³-hybridized carbons (Fsp3) is 0.533. The molecule has 3 rings (SSSR count). The monoisotopic (exact) mass is 287 g/mol. The van der Waals surface area contributed by atoms with E-state index in [0.717, 1.165) is 31.0 Å². The van der Waals surface area contributed by atoms with Gasteiger partial charge in [0.25, 0.3) is 5.91 Å². The maximum atomic E-state index is 12.3. The van der Waals surface area contributed by atoms with Crippen molar-refractivity contribution < 1.29 is 4.79 Å². The van der Waals surface area contributed by atoms with Crippen LogP contribution in [0.15, 0.2) is 18.3 Å². The summed E-state index contributed by atoms with van der Waals surface area (Å²) in [6.45, 7) is 2.91. The first-order valence-electron chi connectivity index (χ1n) is 7.51. The minimum Gasteiger partial charge on any atom is -0.347 e. The molecule has 0 saturated carbocycles. The smallest absolute Gasteiger partial charge is 0.268 e. The molecule has 1 amide bonds. The number of carbonyl (C=O) groups is 1. The standard InChI is InChI=1S/C15H21N5O/c1-11(16-15(21)12-7-6-9-19(12)2)14-18-17-13-8-4-3-5-10-20(13)14/h6-7,9,11H,3-5,8,10H2,1-2H3,(H,16,21)/t11-/m0/s1. The zero-order valence-corrected chi connectivity index (χ0v) is 12.5. The van der Waals surface area contributed by atoms with Crippen LogP contribution in [0.25, 0.3) is 0 Å². The van der Waals surface area contributed by atoms with Gasteiger partial charge in [0.05, 0.1) is 6.04 Å². The summed E-state index contributed by atoms with van der Waals surface area (Å²) in [5, 5.41) is 11.6. The number of fused-ring (bicyclic) bond motifs is 1. The molecule has 0 radical (unpaired) electrons. The van der Waals surface area contributed by atoms with Gasteiger partial charge in [-0.15, -0.1) is 10.2 Å². The Morgan fingerprint density at radius 1 is 1.33 bits per heavy atom. The van der Waals surface area contributed by atoms with Crippen molar-refractivity contribution in [1.29, 1.82) is 0 Å². The zero-order chi connectivity index (χ0) is 14.8. The predicted octanol–water partition coefficient (Wildman–Crippen LogP) is 1.83. The molecule has 1 aliphatic heterocycles. The minimum absolute atomic E-state index is 0.0824. The lowest BCUT2D eigenvalue weighted by Gasteiger charge is -2.15. The molecule has 0 bridgehead atoms. The van der Waals surface area contributed by atoms with E-state index in [1.54, 1.807) is 0 Å². The van der Waals surface area contributed by atoms with Crippen LogP contribution in [0.5, 0.6) is 0 Å². The Morgan fingerprint density at radius 3 is 2.95 bits per heavy atom. The van der Waals surface area contributed by atoms with Crippen LogP contribution in [-0.2, 0) is 20.0 Å². The van der Waals surface area contributed by atoms with E-state index in [9.17, 15) is 4.79 Å². The molecule has 0 unspecified atom stereocenters. The molecule has 0 saturated heterocycles. The third-order valence-corrected chi connectivity index (χ3v) is 4.05. The van der Waals surface area contributed by atoms with Gasteiger partial charge in [0.2, 0.25) is 0 Å². The predicted molar refractivity (Wildman–Crippen MR) is 78.9 cm³/mol. The van der Waals surface area contributed by atoms with Gasteiger partial charge in [0, 0.05) is 26.2 Å². The van der Waals surface area contributed by atoms with Crippen LogP contribution in [0.3, 0.4) is 0 Å². The summed E-state index contributed by atoms with van der Waals surface area (Å²) >= 11 is 0. The second-order valence-electron chi connectivity index (χ2n) is 5.64. The quantitative estimate of drug-likeness (QED) is 0.936. The summed E-state index contributed by atoms with van der Waals surface area (Å²) in [4.78, 5) is 12.3. The average Bonchev–Trinajstić information content (AvgIpc) is 2.99. The summed E-state index contributed by atoms with van der Waals surface area (Å²) in [5.74, 6) is 1.82. The average molecular weight is 287 g/mol. The van der Waals surface area contributed by atoms with Crippen LogP contribution in [0.2, 0.25) is 0 Å². The molecule has 1 atom stereocenters. The number of amides is 1. The van der Waals surface area contributed by atoms with Crippen LogP contribution in [0.4, 0.5) is 0 Å². The molecule has 21 heavy (non-hydrogen) atoms. The Morgan fingerprint density at radius 2 is 2.19 bits per heavy atom. The van der Waals surface area contributed by atoms with Gasteiger partial charge in [-0.1, -0.05) is 6.42 Å². The molecule has 0 aromatic carbocycles. The molecule has 0 spiro atoms. The molecule has 3 heterocycles. The Kier molecular flexibility index (Phi) is 3.77.